The lowest BCUT2D eigenvalue weighted by molar-refractivity contribution is -0.211. The van der Waals surface area contributed by atoms with E-state index >= 15 is 0 Å². The molecule has 1 heterocycles. The molecular formula is C15H17F3N2O2S. The Balaban J connectivity index is 1.76. The standard InChI is InChI=1S/C15H17F3N2O2S/c16-15(17,18)20-9-14(19-23(20,21)22)12-5-6-13(14)8-11-4-2-1-3-10(11)7-12/h1-4,12-13,19H,5-9H2/t12-,13+,14?. The van der Waals surface area contributed by atoms with Gasteiger partial charge >= 0.3 is 6.30 Å². The highest BCUT2D eigenvalue weighted by atomic mass is 32.2. The second kappa shape index (κ2) is 4.70. The molecule has 2 aliphatic carbocycles. The molecule has 0 radical (unpaired) electrons. The van der Waals surface area contributed by atoms with Crippen LogP contribution in [-0.4, -0.2) is 31.1 Å². The monoisotopic (exact) mass is 346 g/mol. The van der Waals surface area contributed by atoms with Crippen LogP contribution in [0.25, 0.3) is 0 Å². The van der Waals surface area contributed by atoms with Gasteiger partial charge in [0.25, 0.3) is 10.2 Å². The first kappa shape index (κ1) is 15.4. The van der Waals surface area contributed by atoms with Gasteiger partial charge in [0.15, 0.2) is 0 Å². The number of halogens is 3. The van der Waals surface area contributed by atoms with Gasteiger partial charge in [0.1, 0.15) is 0 Å². The molecule has 3 aliphatic rings. The molecule has 1 aromatic carbocycles. The summed E-state index contributed by atoms with van der Waals surface area (Å²) >= 11 is 0. The minimum absolute atomic E-state index is 0.0988. The lowest BCUT2D eigenvalue weighted by Gasteiger charge is -2.33. The molecule has 1 aromatic rings. The molecule has 0 aromatic heterocycles. The lowest BCUT2D eigenvalue weighted by Crippen LogP contribution is -2.52. The van der Waals surface area contributed by atoms with Crippen LogP contribution in [0, 0.1) is 11.8 Å². The number of fused-ring (bicyclic) bond motifs is 1. The third-order valence-corrected chi connectivity index (χ3v) is 7.22. The average molecular weight is 346 g/mol. The summed E-state index contributed by atoms with van der Waals surface area (Å²) in [5, 5.41) is 0. The molecule has 1 unspecified atom stereocenters. The van der Waals surface area contributed by atoms with E-state index in [1.165, 1.54) is 0 Å². The van der Waals surface area contributed by atoms with E-state index in [9.17, 15) is 21.6 Å². The normalized spacial score (nSPS) is 36.1. The summed E-state index contributed by atoms with van der Waals surface area (Å²) in [7, 11) is -4.52. The van der Waals surface area contributed by atoms with Crippen molar-refractivity contribution < 1.29 is 21.6 Å². The Kier molecular flexibility index (Phi) is 3.15. The van der Waals surface area contributed by atoms with Gasteiger partial charge in [-0.15, -0.1) is 0 Å². The zero-order valence-corrected chi connectivity index (χ0v) is 13.1. The van der Waals surface area contributed by atoms with Gasteiger partial charge in [-0.05, 0) is 48.6 Å². The Bertz CT molecular complexity index is 714. The largest absolute Gasteiger partial charge is 0.474 e. The fraction of sp³-hybridized carbons (Fsp3) is 0.600. The average Bonchev–Trinajstić information content (AvgIpc) is 2.84. The predicted octanol–water partition coefficient (Wildman–Crippen LogP) is 2.22. The van der Waals surface area contributed by atoms with Gasteiger partial charge in [0.2, 0.25) is 0 Å². The van der Waals surface area contributed by atoms with Crippen molar-refractivity contribution in [1.29, 1.82) is 0 Å². The Morgan fingerprint density at radius 1 is 1.09 bits per heavy atom. The number of rotatable bonds is 0. The van der Waals surface area contributed by atoms with Crippen molar-refractivity contribution in [3.8, 4) is 0 Å². The Labute approximate surface area is 132 Å². The minimum atomic E-state index is -4.88. The number of alkyl halides is 3. The molecule has 1 N–H and O–H groups in total. The van der Waals surface area contributed by atoms with Crippen LogP contribution < -0.4 is 4.72 Å². The summed E-state index contributed by atoms with van der Waals surface area (Å²) in [5.74, 6) is -0.198. The van der Waals surface area contributed by atoms with E-state index in [4.69, 9.17) is 0 Å². The van der Waals surface area contributed by atoms with E-state index in [0.717, 1.165) is 24.0 Å². The van der Waals surface area contributed by atoms with Crippen molar-refractivity contribution in [2.75, 3.05) is 6.54 Å². The van der Waals surface area contributed by atoms with Crippen LogP contribution in [0.1, 0.15) is 24.0 Å². The third-order valence-electron chi connectivity index (χ3n) is 5.67. The predicted molar refractivity (Wildman–Crippen MR) is 77.6 cm³/mol. The van der Waals surface area contributed by atoms with E-state index in [1.54, 1.807) is 0 Å². The van der Waals surface area contributed by atoms with Gasteiger partial charge in [-0.2, -0.15) is 26.3 Å². The van der Waals surface area contributed by atoms with E-state index < -0.39 is 28.6 Å². The topological polar surface area (TPSA) is 49.4 Å². The minimum Gasteiger partial charge on any atom is -0.195 e. The van der Waals surface area contributed by atoms with Crippen LogP contribution in [0.4, 0.5) is 13.2 Å². The van der Waals surface area contributed by atoms with Crippen LogP contribution in [0.15, 0.2) is 24.3 Å². The third kappa shape index (κ3) is 2.22. The first-order chi connectivity index (χ1) is 10.7. The second-order valence-electron chi connectivity index (χ2n) is 6.77. The van der Waals surface area contributed by atoms with E-state index in [1.807, 2.05) is 24.3 Å². The number of nitrogens with one attached hydrogen (secondary N) is 1. The summed E-state index contributed by atoms with van der Waals surface area (Å²) in [4.78, 5) is 0. The van der Waals surface area contributed by atoms with Gasteiger partial charge in [0, 0.05) is 6.54 Å². The molecular weight excluding hydrogens is 329 g/mol. The number of nitrogens with zero attached hydrogens (tertiary/aromatic N) is 1. The molecule has 4 rings (SSSR count). The number of hydrogen-bond donors (Lipinski definition) is 1. The maximum absolute atomic E-state index is 13.1. The van der Waals surface area contributed by atoms with Crippen molar-refractivity contribution in [3.05, 3.63) is 35.4 Å². The molecule has 2 bridgehead atoms. The van der Waals surface area contributed by atoms with Crippen LogP contribution in [-0.2, 0) is 23.1 Å². The van der Waals surface area contributed by atoms with Crippen molar-refractivity contribution in [2.24, 2.45) is 11.8 Å². The van der Waals surface area contributed by atoms with E-state index in [-0.39, 0.29) is 16.1 Å². The van der Waals surface area contributed by atoms with Crippen LogP contribution >= 0.6 is 0 Å². The van der Waals surface area contributed by atoms with Crippen molar-refractivity contribution >= 4 is 10.2 Å². The maximum Gasteiger partial charge on any atom is 0.474 e. The van der Waals surface area contributed by atoms with Crippen LogP contribution in [0.3, 0.4) is 0 Å². The molecule has 1 saturated heterocycles. The summed E-state index contributed by atoms with van der Waals surface area (Å²) in [5.41, 5.74) is 1.25. The first-order valence-corrected chi connectivity index (χ1v) is 9.12. The van der Waals surface area contributed by atoms with Gasteiger partial charge in [0.05, 0.1) is 5.54 Å². The van der Waals surface area contributed by atoms with Crippen LogP contribution in [0.2, 0.25) is 0 Å². The summed E-state index contributed by atoms with van der Waals surface area (Å²) in [6.45, 7) is -0.512. The lowest BCUT2D eigenvalue weighted by atomic mass is 9.80. The quantitative estimate of drug-likeness (QED) is 0.733. The number of hydrogen-bond acceptors (Lipinski definition) is 2. The highest BCUT2D eigenvalue weighted by molar-refractivity contribution is 7.87. The molecule has 3 atom stereocenters. The molecule has 0 amide bonds. The molecule has 23 heavy (non-hydrogen) atoms. The number of benzene rings is 1. The second-order valence-corrected chi connectivity index (χ2v) is 8.37. The molecule has 1 aliphatic heterocycles. The summed E-state index contributed by atoms with van der Waals surface area (Å²) < 4.78 is 65.7. The zero-order chi connectivity index (χ0) is 16.5. The van der Waals surface area contributed by atoms with Gasteiger partial charge in [-0.25, -0.2) is 0 Å². The van der Waals surface area contributed by atoms with E-state index in [0.29, 0.717) is 12.8 Å². The Hall–Kier alpha value is -1.12. The SMILES string of the molecule is O=S1(=O)NC2(CN1C(F)(F)F)[C@@H]1CC[C@H]2Cc2ccccc2C1. The van der Waals surface area contributed by atoms with E-state index in [2.05, 4.69) is 4.72 Å². The summed E-state index contributed by atoms with van der Waals surface area (Å²) in [6, 6.07) is 7.83. The van der Waals surface area contributed by atoms with Gasteiger partial charge < -0.3 is 0 Å². The molecule has 8 heteroatoms. The van der Waals surface area contributed by atoms with Crippen molar-refractivity contribution in [2.45, 2.75) is 37.5 Å². The Morgan fingerprint density at radius 3 is 2.04 bits per heavy atom. The molecule has 1 saturated carbocycles. The maximum atomic E-state index is 13.1. The van der Waals surface area contributed by atoms with Crippen molar-refractivity contribution in [3.63, 3.8) is 0 Å². The molecule has 4 nitrogen and oxygen atoms in total. The fourth-order valence-corrected chi connectivity index (χ4v) is 6.25. The van der Waals surface area contributed by atoms with Crippen LogP contribution in [0.5, 0.6) is 0 Å². The summed E-state index contributed by atoms with van der Waals surface area (Å²) in [6.07, 6.45) is -2.11. The highest BCUT2D eigenvalue weighted by Crippen LogP contribution is 2.51. The van der Waals surface area contributed by atoms with Gasteiger partial charge in [-0.3, -0.25) is 0 Å². The van der Waals surface area contributed by atoms with Gasteiger partial charge in [-0.1, -0.05) is 28.6 Å². The first-order valence-electron chi connectivity index (χ1n) is 7.68. The fourth-order valence-electron chi connectivity index (χ4n) is 4.61. The molecule has 1 spiro atoms. The highest BCUT2D eigenvalue weighted by Gasteiger charge is 2.64. The smallest absolute Gasteiger partial charge is 0.195 e. The Morgan fingerprint density at radius 2 is 1.61 bits per heavy atom. The molecule has 2 fully saturated rings. The molecule has 126 valence electrons. The van der Waals surface area contributed by atoms with Crippen molar-refractivity contribution in [1.82, 2.24) is 9.03 Å². The zero-order valence-electron chi connectivity index (χ0n) is 12.3.